The molecule has 0 saturated heterocycles. The summed E-state index contributed by atoms with van der Waals surface area (Å²) in [5.41, 5.74) is 9.25. The Morgan fingerprint density at radius 2 is 1.91 bits per heavy atom. The minimum atomic E-state index is -0.574. The van der Waals surface area contributed by atoms with Gasteiger partial charge in [0.25, 0.3) is 5.91 Å². The molecule has 3 aromatic rings. The second kappa shape index (κ2) is 19.1. The number of aliphatic imine (C=N–C) groups is 1. The van der Waals surface area contributed by atoms with Crippen LogP contribution in [0.15, 0.2) is 72.3 Å². The molecule has 43 heavy (non-hydrogen) atoms. The molecule has 2 aromatic carbocycles. The van der Waals surface area contributed by atoms with Gasteiger partial charge >= 0.3 is 6.09 Å². The maximum Gasteiger partial charge on any atom is 0.407 e. The smallest absolute Gasteiger partial charge is 0.407 e. The van der Waals surface area contributed by atoms with Gasteiger partial charge < -0.3 is 25.6 Å². The van der Waals surface area contributed by atoms with Crippen LogP contribution in [-0.2, 0) is 17.9 Å². The number of allylic oxidation sites excluding steroid dienone is 3. The lowest BCUT2D eigenvalue weighted by molar-refractivity contribution is 0.0976. The molecule has 0 unspecified atom stereocenters. The molecule has 5 N–H and O–H groups in total. The number of aliphatic hydroxyl groups is 1. The maximum absolute atomic E-state index is 13.0. The third-order valence-corrected chi connectivity index (χ3v) is 6.69. The molecule has 0 fully saturated rings. The molecule has 10 nitrogen and oxygen atoms in total. The molecule has 12 heteroatoms. The molecular formula is C31H38ClN5O5S. The van der Waals surface area contributed by atoms with Crippen molar-refractivity contribution in [1.29, 1.82) is 0 Å². The van der Waals surface area contributed by atoms with E-state index in [1.54, 1.807) is 18.2 Å². The molecule has 3 rings (SSSR count). The number of ether oxygens (including phenoxy) is 2. The number of carbonyl (C=O) groups is 2. The van der Waals surface area contributed by atoms with Crippen LogP contribution in [0.25, 0.3) is 5.57 Å². The summed E-state index contributed by atoms with van der Waals surface area (Å²) in [4.78, 5) is 30.1. The number of alkyl carbamates (subject to hydrolysis) is 1. The second-order valence-electron chi connectivity index (χ2n) is 8.96. The molecule has 1 aromatic heterocycles. The average molecular weight is 628 g/mol. The number of halogens is 1. The number of aromatic nitrogens is 1. The van der Waals surface area contributed by atoms with Crippen LogP contribution < -0.4 is 21.1 Å². The summed E-state index contributed by atoms with van der Waals surface area (Å²) in [6, 6.07) is 14.5. The van der Waals surface area contributed by atoms with Crippen LogP contribution in [0.5, 0.6) is 5.75 Å². The number of aryl methyl sites for hydroxylation is 1. The lowest BCUT2D eigenvalue weighted by atomic mass is 10.0. The fraction of sp³-hybridized carbons (Fsp3) is 0.290. The Balaban J connectivity index is 0.00000316. The number of amides is 2. The first kappa shape index (κ1) is 35.0. The Kier molecular flexibility index (Phi) is 15.5. The molecular weight excluding hydrogens is 590 g/mol. The Morgan fingerprint density at radius 1 is 1.19 bits per heavy atom. The number of rotatable bonds is 13. The zero-order valence-electron chi connectivity index (χ0n) is 24.6. The van der Waals surface area contributed by atoms with E-state index < -0.39 is 6.09 Å². The number of guanidine groups is 1. The van der Waals surface area contributed by atoms with E-state index in [0.717, 1.165) is 35.3 Å². The highest BCUT2D eigenvalue weighted by Crippen LogP contribution is 2.26. The van der Waals surface area contributed by atoms with Crippen LogP contribution in [-0.4, -0.2) is 47.7 Å². The Morgan fingerprint density at radius 3 is 2.63 bits per heavy atom. The summed E-state index contributed by atoms with van der Waals surface area (Å²) in [7, 11) is 1.00. The highest BCUT2D eigenvalue weighted by molar-refractivity contribution is 7.06. The number of nitrogens with one attached hydrogen (secondary N) is 2. The van der Waals surface area contributed by atoms with Crippen molar-refractivity contribution >= 4 is 46.7 Å². The molecule has 0 atom stereocenters. The largest absolute Gasteiger partial charge is 0.492 e. The summed E-state index contributed by atoms with van der Waals surface area (Å²) in [5.74, 6) is 0.294. The first-order valence-electron chi connectivity index (χ1n) is 13.4. The molecule has 1 heterocycles. The third kappa shape index (κ3) is 12.3. The van der Waals surface area contributed by atoms with Crippen LogP contribution in [0, 0.1) is 6.92 Å². The molecule has 0 saturated carbocycles. The summed E-state index contributed by atoms with van der Waals surface area (Å²) in [6.45, 7) is 8.66. The number of hydrogen-bond acceptors (Lipinski definition) is 8. The predicted molar refractivity (Wildman–Crippen MR) is 172 cm³/mol. The normalized spacial score (nSPS) is 11.0. The molecule has 2 amide bonds. The second-order valence-corrected chi connectivity index (χ2v) is 10.4. The van der Waals surface area contributed by atoms with Gasteiger partial charge in [0.2, 0.25) is 0 Å². The maximum atomic E-state index is 13.0. The Bertz CT molecular complexity index is 1410. The number of nitrogens with two attached hydrogens (primary N) is 1. The monoisotopic (exact) mass is 627 g/mol. The van der Waals surface area contributed by atoms with Crippen LogP contribution in [0.3, 0.4) is 0 Å². The van der Waals surface area contributed by atoms with Crippen molar-refractivity contribution < 1.29 is 24.2 Å². The number of aliphatic hydroxyl groups excluding tert-OH is 1. The lowest BCUT2D eigenvalue weighted by Crippen LogP contribution is -2.37. The highest BCUT2D eigenvalue weighted by atomic mass is 35.5. The summed E-state index contributed by atoms with van der Waals surface area (Å²) in [6.07, 6.45) is 4.96. The van der Waals surface area contributed by atoms with Gasteiger partial charge in [0.05, 0.1) is 24.3 Å². The van der Waals surface area contributed by atoms with E-state index in [0.29, 0.717) is 41.4 Å². The molecule has 0 aliphatic rings. The fourth-order valence-electron chi connectivity index (χ4n) is 3.75. The van der Waals surface area contributed by atoms with Gasteiger partial charge in [-0.25, -0.2) is 9.79 Å². The van der Waals surface area contributed by atoms with Crippen LogP contribution in [0.4, 0.5) is 4.79 Å². The van der Waals surface area contributed by atoms with Crippen LogP contribution in [0.1, 0.15) is 51.8 Å². The van der Waals surface area contributed by atoms with Crippen molar-refractivity contribution in [3.05, 3.63) is 99.5 Å². The molecule has 0 bridgehead atoms. The number of nitrogens with zero attached hydrogens (tertiary/aromatic N) is 2. The zero-order chi connectivity index (χ0) is 31.6. The van der Waals surface area contributed by atoms with Gasteiger partial charge in [-0.15, -0.1) is 0 Å². The van der Waals surface area contributed by atoms with Crippen molar-refractivity contribution in [2.24, 2.45) is 10.7 Å². The fourth-order valence-corrected chi connectivity index (χ4v) is 4.76. The van der Waals surface area contributed by atoms with Gasteiger partial charge in [0.15, 0.2) is 5.96 Å². The van der Waals surface area contributed by atoms with Crippen LogP contribution >= 0.6 is 23.1 Å². The van der Waals surface area contributed by atoms with E-state index in [-0.39, 0.29) is 25.0 Å². The lowest BCUT2D eigenvalue weighted by Gasteiger charge is -2.10. The molecule has 0 aliphatic heterocycles. The average Bonchev–Trinajstić information content (AvgIpc) is 3.40. The third-order valence-electron chi connectivity index (χ3n) is 5.72. The number of para-hydroxylation sites is 1. The van der Waals surface area contributed by atoms with Gasteiger partial charge in [-0.2, -0.15) is 4.37 Å². The number of hydrogen-bond donors (Lipinski definition) is 4. The Labute approximate surface area is 261 Å². The molecule has 0 spiro atoms. The zero-order valence-corrected chi connectivity index (χ0v) is 26.1. The molecule has 230 valence electrons. The van der Waals surface area contributed by atoms with Crippen molar-refractivity contribution in [3.8, 4) is 5.75 Å². The van der Waals surface area contributed by atoms with Gasteiger partial charge in [0.1, 0.15) is 19.0 Å². The van der Waals surface area contributed by atoms with E-state index in [4.69, 9.17) is 31.9 Å². The van der Waals surface area contributed by atoms with E-state index in [1.165, 1.54) is 11.5 Å². The molecule has 0 radical (unpaired) electrons. The van der Waals surface area contributed by atoms with Crippen molar-refractivity contribution in [1.82, 2.24) is 15.0 Å². The van der Waals surface area contributed by atoms with Crippen molar-refractivity contribution in [2.45, 2.75) is 39.8 Å². The summed E-state index contributed by atoms with van der Waals surface area (Å²) in [5, 5.41) is 12.7. The van der Waals surface area contributed by atoms with Crippen molar-refractivity contribution in [2.75, 3.05) is 20.3 Å². The standard InChI is InChI=1S/C30H34ClN5O4S.CH4O/c1-4-5-7-10-20(2)27-26(21(3)41-36-27)28(37)35-29(32)34-18-22-15-23(17-24(31)16-22)19-40-30(38)33-13-14-39-25-11-8-6-9-12-25;1-2/h4-6,8-9,11-12,15-17H,2,7,10,13-14,18-19H2,1,3H3,(H,33,38)(H3,32,34,35,37);2H,1H3/b5-4-;. The van der Waals surface area contributed by atoms with Gasteiger partial charge in [-0.1, -0.05) is 54.6 Å². The summed E-state index contributed by atoms with van der Waals surface area (Å²) < 4.78 is 15.2. The number of benzene rings is 2. The first-order chi connectivity index (χ1) is 20.8. The Hall–Kier alpha value is -4.19. The predicted octanol–water partition coefficient (Wildman–Crippen LogP) is 5.63. The number of carbonyl (C=O) groups excluding carboxylic acids is 2. The SMILES string of the molecule is C=C(CC/C=C\C)c1nsc(C)c1C(=O)NC(N)=NCc1cc(Cl)cc(COC(=O)NCCOc2ccccc2)c1.CO. The van der Waals surface area contributed by atoms with Crippen LogP contribution in [0.2, 0.25) is 5.02 Å². The quantitative estimate of drug-likeness (QED) is 0.0830. The first-order valence-corrected chi connectivity index (χ1v) is 14.6. The molecule has 0 aliphatic carbocycles. The van der Waals surface area contributed by atoms with E-state index in [2.05, 4.69) is 26.6 Å². The van der Waals surface area contributed by atoms with Gasteiger partial charge in [-0.05, 0) is 79.2 Å². The van der Waals surface area contributed by atoms with E-state index in [1.807, 2.05) is 56.3 Å². The van der Waals surface area contributed by atoms with Crippen molar-refractivity contribution in [3.63, 3.8) is 0 Å². The van der Waals surface area contributed by atoms with Gasteiger partial charge in [-0.3, -0.25) is 10.1 Å². The summed E-state index contributed by atoms with van der Waals surface area (Å²) >= 11 is 7.51. The van der Waals surface area contributed by atoms with Gasteiger partial charge in [0, 0.05) is 17.0 Å². The minimum absolute atomic E-state index is 0.0139. The minimum Gasteiger partial charge on any atom is -0.492 e. The van der Waals surface area contributed by atoms with E-state index in [9.17, 15) is 9.59 Å². The topological polar surface area (TPSA) is 148 Å². The van der Waals surface area contributed by atoms with E-state index >= 15 is 0 Å². The highest BCUT2D eigenvalue weighted by Gasteiger charge is 2.20.